The SMILES string of the molecule is CC1CC1CN(C)C(=O)c1ccn(-c2cccc(N)c2)n1. The van der Waals surface area contributed by atoms with Gasteiger partial charge in [-0.3, -0.25) is 4.79 Å². The maximum Gasteiger partial charge on any atom is 0.274 e. The number of carbonyl (C=O) groups excluding carboxylic acids is 1. The zero-order valence-corrected chi connectivity index (χ0v) is 12.4. The number of hydrogen-bond donors (Lipinski definition) is 1. The van der Waals surface area contributed by atoms with E-state index in [4.69, 9.17) is 5.73 Å². The van der Waals surface area contributed by atoms with Crippen LogP contribution < -0.4 is 5.73 Å². The van der Waals surface area contributed by atoms with Gasteiger partial charge < -0.3 is 10.6 Å². The molecule has 5 heteroatoms. The van der Waals surface area contributed by atoms with Gasteiger partial charge in [0.2, 0.25) is 0 Å². The summed E-state index contributed by atoms with van der Waals surface area (Å²) in [6.07, 6.45) is 3.00. The third kappa shape index (κ3) is 2.91. The van der Waals surface area contributed by atoms with Crippen molar-refractivity contribution >= 4 is 11.6 Å². The molecule has 21 heavy (non-hydrogen) atoms. The minimum absolute atomic E-state index is 0.0308. The average Bonchev–Trinajstić information content (AvgIpc) is 2.96. The van der Waals surface area contributed by atoms with Crippen LogP contribution in [0.25, 0.3) is 5.69 Å². The first-order valence-corrected chi connectivity index (χ1v) is 7.21. The fourth-order valence-corrected chi connectivity index (χ4v) is 2.53. The average molecular weight is 284 g/mol. The Bertz CT molecular complexity index is 664. The summed E-state index contributed by atoms with van der Waals surface area (Å²) in [5.41, 5.74) is 7.77. The Morgan fingerprint density at radius 2 is 2.24 bits per heavy atom. The first kappa shape index (κ1) is 13.7. The van der Waals surface area contributed by atoms with Gasteiger partial charge in [0.15, 0.2) is 5.69 Å². The van der Waals surface area contributed by atoms with Crippen LogP contribution in [0.5, 0.6) is 0 Å². The number of amides is 1. The maximum absolute atomic E-state index is 12.4. The van der Waals surface area contributed by atoms with Crippen molar-refractivity contribution in [2.24, 2.45) is 11.8 Å². The predicted octanol–water partition coefficient (Wildman–Crippen LogP) is 2.18. The molecule has 0 aliphatic heterocycles. The molecule has 0 spiro atoms. The van der Waals surface area contributed by atoms with Crippen molar-refractivity contribution in [2.45, 2.75) is 13.3 Å². The van der Waals surface area contributed by atoms with Crippen LogP contribution in [0.3, 0.4) is 0 Å². The second-order valence-corrected chi connectivity index (χ2v) is 5.90. The molecule has 3 rings (SSSR count). The molecule has 1 heterocycles. The van der Waals surface area contributed by atoms with Crippen molar-refractivity contribution in [1.29, 1.82) is 0 Å². The lowest BCUT2D eigenvalue weighted by atomic mass is 10.3. The Kier molecular flexibility index (Phi) is 3.41. The van der Waals surface area contributed by atoms with Gasteiger partial charge in [-0.15, -0.1) is 0 Å². The second-order valence-electron chi connectivity index (χ2n) is 5.90. The first-order chi connectivity index (χ1) is 10.0. The number of rotatable bonds is 4. The van der Waals surface area contributed by atoms with Crippen LogP contribution in [0.2, 0.25) is 0 Å². The lowest BCUT2D eigenvalue weighted by molar-refractivity contribution is 0.0781. The second kappa shape index (κ2) is 5.24. The van der Waals surface area contributed by atoms with E-state index >= 15 is 0 Å². The van der Waals surface area contributed by atoms with Gasteiger partial charge in [-0.05, 0) is 42.5 Å². The Morgan fingerprint density at radius 3 is 2.90 bits per heavy atom. The van der Waals surface area contributed by atoms with E-state index < -0.39 is 0 Å². The summed E-state index contributed by atoms with van der Waals surface area (Å²) in [7, 11) is 1.84. The maximum atomic E-state index is 12.4. The van der Waals surface area contributed by atoms with Gasteiger partial charge in [-0.1, -0.05) is 13.0 Å². The molecule has 1 aliphatic carbocycles. The van der Waals surface area contributed by atoms with Crippen molar-refractivity contribution in [3.8, 4) is 5.69 Å². The van der Waals surface area contributed by atoms with Gasteiger partial charge in [0.25, 0.3) is 5.91 Å². The molecule has 110 valence electrons. The molecular weight excluding hydrogens is 264 g/mol. The monoisotopic (exact) mass is 284 g/mol. The predicted molar refractivity (Wildman–Crippen MR) is 82.2 cm³/mol. The highest BCUT2D eigenvalue weighted by Gasteiger charge is 2.34. The summed E-state index contributed by atoms with van der Waals surface area (Å²) in [4.78, 5) is 14.1. The van der Waals surface area contributed by atoms with Crippen LogP contribution in [0, 0.1) is 11.8 Å². The number of aromatic nitrogens is 2. The molecule has 1 aliphatic rings. The largest absolute Gasteiger partial charge is 0.399 e. The number of benzene rings is 1. The Morgan fingerprint density at radius 1 is 1.48 bits per heavy atom. The molecule has 0 radical (unpaired) electrons. The molecule has 1 aromatic carbocycles. The van der Waals surface area contributed by atoms with E-state index in [9.17, 15) is 4.79 Å². The Labute approximate surface area is 124 Å². The van der Waals surface area contributed by atoms with Crippen LogP contribution in [0.15, 0.2) is 36.5 Å². The number of carbonyl (C=O) groups is 1. The summed E-state index contributed by atoms with van der Waals surface area (Å²) in [5.74, 6) is 1.36. The molecule has 2 aromatic rings. The van der Waals surface area contributed by atoms with Crippen LogP contribution in [0.1, 0.15) is 23.8 Å². The minimum atomic E-state index is -0.0308. The van der Waals surface area contributed by atoms with E-state index in [1.54, 1.807) is 21.8 Å². The standard InChI is InChI=1S/C16H20N4O/c1-11-8-12(11)10-19(2)16(21)15-6-7-20(18-15)14-5-3-4-13(17)9-14/h3-7,9,11-12H,8,10,17H2,1-2H3. The number of hydrogen-bond acceptors (Lipinski definition) is 3. The van der Waals surface area contributed by atoms with Gasteiger partial charge >= 0.3 is 0 Å². The van der Waals surface area contributed by atoms with E-state index in [1.165, 1.54) is 6.42 Å². The van der Waals surface area contributed by atoms with Crippen LogP contribution in [-0.2, 0) is 0 Å². The van der Waals surface area contributed by atoms with Crippen LogP contribution >= 0.6 is 0 Å². The molecule has 1 saturated carbocycles. The lowest BCUT2D eigenvalue weighted by Gasteiger charge is -2.15. The van der Waals surface area contributed by atoms with Crippen molar-refractivity contribution in [2.75, 3.05) is 19.3 Å². The van der Waals surface area contributed by atoms with Gasteiger partial charge in [0.1, 0.15) is 0 Å². The topological polar surface area (TPSA) is 64.2 Å². The van der Waals surface area contributed by atoms with E-state index in [-0.39, 0.29) is 5.91 Å². The summed E-state index contributed by atoms with van der Waals surface area (Å²) in [6, 6.07) is 9.18. The van der Waals surface area contributed by atoms with Crippen molar-refractivity contribution in [3.05, 3.63) is 42.2 Å². The zero-order valence-electron chi connectivity index (χ0n) is 12.4. The molecule has 2 atom stereocenters. The smallest absolute Gasteiger partial charge is 0.274 e. The van der Waals surface area contributed by atoms with Gasteiger partial charge in [-0.25, -0.2) is 4.68 Å². The number of nitrogen functional groups attached to an aromatic ring is 1. The molecule has 1 amide bonds. The fraction of sp³-hybridized carbons (Fsp3) is 0.375. The third-order valence-electron chi connectivity index (χ3n) is 4.07. The zero-order chi connectivity index (χ0) is 15.0. The van der Waals surface area contributed by atoms with Crippen LogP contribution in [0.4, 0.5) is 5.69 Å². The van der Waals surface area contributed by atoms with E-state index in [0.29, 0.717) is 17.3 Å². The molecule has 0 bridgehead atoms. The molecule has 0 saturated heterocycles. The highest BCUT2D eigenvalue weighted by atomic mass is 16.2. The van der Waals surface area contributed by atoms with Crippen molar-refractivity contribution in [3.63, 3.8) is 0 Å². The number of nitrogens with two attached hydrogens (primary N) is 1. The van der Waals surface area contributed by atoms with Crippen molar-refractivity contribution < 1.29 is 4.79 Å². The van der Waals surface area contributed by atoms with Crippen LogP contribution in [-0.4, -0.2) is 34.2 Å². The quantitative estimate of drug-likeness (QED) is 0.875. The minimum Gasteiger partial charge on any atom is -0.399 e. The number of nitrogens with zero attached hydrogens (tertiary/aromatic N) is 3. The van der Waals surface area contributed by atoms with E-state index in [1.807, 2.05) is 31.3 Å². The van der Waals surface area contributed by atoms with E-state index in [2.05, 4.69) is 12.0 Å². The number of anilines is 1. The Balaban J connectivity index is 1.73. The molecule has 5 nitrogen and oxygen atoms in total. The van der Waals surface area contributed by atoms with Gasteiger partial charge in [0.05, 0.1) is 5.69 Å². The van der Waals surface area contributed by atoms with Gasteiger partial charge in [-0.2, -0.15) is 5.10 Å². The molecule has 2 N–H and O–H groups in total. The van der Waals surface area contributed by atoms with E-state index in [0.717, 1.165) is 18.2 Å². The summed E-state index contributed by atoms with van der Waals surface area (Å²) in [6.45, 7) is 3.03. The summed E-state index contributed by atoms with van der Waals surface area (Å²) in [5, 5.41) is 4.36. The first-order valence-electron chi connectivity index (χ1n) is 7.21. The molecular formula is C16H20N4O. The normalized spacial score (nSPS) is 20.3. The molecule has 2 unspecified atom stereocenters. The highest BCUT2D eigenvalue weighted by molar-refractivity contribution is 5.92. The van der Waals surface area contributed by atoms with Crippen molar-refractivity contribution in [1.82, 2.24) is 14.7 Å². The fourth-order valence-electron chi connectivity index (χ4n) is 2.53. The summed E-state index contributed by atoms with van der Waals surface area (Å²) < 4.78 is 1.68. The van der Waals surface area contributed by atoms with Gasteiger partial charge in [0, 0.05) is 25.5 Å². The lowest BCUT2D eigenvalue weighted by Crippen LogP contribution is -2.29. The Hall–Kier alpha value is -2.30. The molecule has 1 aromatic heterocycles. The highest BCUT2D eigenvalue weighted by Crippen LogP contribution is 2.38. The summed E-state index contributed by atoms with van der Waals surface area (Å²) >= 11 is 0. The third-order valence-corrected chi connectivity index (χ3v) is 4.07. The molecule has 1 fully saturated rings.